The third-order valence-corrected chi connectivity index (χ3v) is 3.52. The first-order valence-electron chi connectivity index (χ1n) is 7.19. The summed E-state index contributed by atoms with van der Waals surface area (Å²) < 4.78 is 11.4. The molecule has 120 valence electrons. The van der Waals surface area contributed by atoms with Gasteiger partial charge in [-0.1, -0.05) is 5.16 Å². The Morgan fingerprint density at radius 1 is 1.39 bits per heavy atom. The largest absolute Gasteiger partial charge is 0.467 e. The normalized spacial score (nSPS) is 11.0. The van der Waals surface area contributed by atoms with E-state index in [0.717, 1.165) is 0 Å². The fourth-order valence-electron chi connectivity index (χ4n) is 2.39. The summed E-state index contributed by atoms with van der Waals surface area (Å²) in [6.45, 7) is 4.00. The van der Waals surface area contributed by atoms with Gasteiger partial charge in [0.25, 0.3) is 5.56 Å². The fraction of sp³-hybridized carbons (Fsp3) is 0.333. The molecule has 0 unspecified atom stereocenters. The molecule has 0 saturated heterocycles. The van der Waals surface area contributed by atoms with Gasteiger partial charge in [0.1, 0.15) is 11.5 Å². The average molecular weight is 316 g/mol. The topological polar surface area (TPSA) is 103 Å². The van der Waals surface area contributed by atoms with Gasteiger partial charge in [-0.15, -0.1) is 0 Å². The molecule has 8 nitrogen and oxygen atoms in total. The number of nitrogens with zero attached hydrogens (tertiary/aromatic N) is 3. The van der Waals surface area contributed by atoms with E-state index in [1.807, 2.05) is 0 Å². The summed E-state index contributed by atoms with van der Waals surface area (Å²) in [5.41, 5.74) is 0.529. The van der Waals surface area contributed by atoms with Crippen molar-refractivity contribution in [1.82, 2.24) is 20.3 Å². The molecule has 8 heteroatoms. The van der Waals surface area contributed by atoms with E-state index in [1.165, 1.54) is 4.68 Å². The molecule has 0 aliphatic rings. The SMILES string of the molecule is Cc1nn(CCC(=O)NCc2ccco2)c(=O)c2noc(C)c12. The number of nitrogens with one attached hydrogen (secondary N) is 1. The van der Waals surface area contributed by atoms with E-state index >= 15 is 0 Å². The van der Waals surface area contributed by atoms with E-state index in [-0.39, 0.29) is 29.9 Å². The Bertz CT molecular complexity index is 892. The lowest BCUT2D eigenvalue weighted by molar-refractivity contribution is -0.121. The summed E-state index contributed by atoms with van der Waals surface area (Å²) in [6, 6.07) is 3.53. The van der Waals surface area contributed by atoms with Gasteiger partial charge in [-0.05, 0) is 26.0 Å². The Labute approximate surface area is 131 Å². The lowest BCUT2D eigenvalue weighted by Crippen LogP contribution is -2.29. The van der Waals surface area contributed by atoms with Crippen molar-refractivity contribution in [2.24, 2.45) is 0 Å². The van der Waals surface area contributed by atoms with Crippen LogP contribution in [0.15, 0.2) is 32.1 Å². The quantitative estimate of drug-likeness (QED) is 0.761. The van der Waals surface area contributed by atoms with Crippen LogP contribution in [0, 0.1) is 13.8 Å². The zero-order valence-corrected chi connectivity index (χ0v) is 12.8. The highest BCUT2D eigenvalue weighted by Crippen LogP contribution is 2.16. The molecule has 0 saturated carbocycles. The van der Waals surface area contributed by atoms with Crippen molar-refractivity contribution in [1.29, 1.82) is 0 Å². The first-order valence-corrected chi connectivity index (χ1v) is 7.19. The van der Waals surface area contributed by atoms with Crippen LogP contribution in [0.25, 0.3) is 10.9 Å². The Kier molecular flexibility index (Phi) is 3.96. The highest BCUT2D eigenvalue weighted by molar-refractivity contribution is 5.81. The summed E-state index contributed by atoms with van der Waals surface area (Å²) in [5, 5.41) is 11.4. The fourth-order valence-corrected chi connectivity index (χ4v) is 2.39. The van der Waals surface area contributed by atoms with E-state index in [9.17, 15) is 9.59 Å². The molecule has 0 fully saturated rings. The van der Waals surface area contributed by atoms with Crippen molar-refractivity contribution in [3.8, 4) is 0 Å². The summed E-state index contributed by atoms with van der Waals surface area (Å²) >= 11 is 0. The molecule has 3 heterocycles. The second kappa shape index (κ2) is 6.07. The third kappa shape index (κ3) is 3.01. The number of amides is 1. The highest BCUT2D eigenvalue weighted by atomic mass is 16.5. The molecule has 0 atom stereocenters. The van der Waals surface area contributed by atoms with Crippen molar-refractivity contribution >= 4 is 16.8 Å². The number of carbonyl (C=O) groups is 1. The monoisotopic (exact) mass is 316 g/mol. The number of hydrogen-bond donors (Lipinski definition) is 1. The minimum absolute atomic E-state index is 0.134. The molecule has 0 aliphatic heterocycles. The Balaban J connectivity index is 1.68. The maximum Gasteiger partial charge on any atom is 0.296 e. The predicted octanol–water partition coefficient (Wildman–Crippen LogP) is 1.30. The van der Waals surface area contributed by atoms with Crippen LogP contribution in [0.2, 0.25) is 0 Å². The second-order valence-corrected chi connectivity index (χ2v) is 5.18. The summed E-state index contributed by atoms with van der Waals surface area (Å²) in [6.07, 6.45) is 1.68. The van der Waals surface area contributed by atoms with Crippen LogP contribution in [-0.2, 0) is 17.9 Å². The predicted molar refractivity (Wildman–Crippen MR) is 80.7 cm³/mol. The van der Waals surface area contributed by atoms with Crippen LogP contribution < -0.4 is 10.9 Å². The second-order valence-electron chi connectivity index (χ2n) is 5.18. The van der Waals surface area contributed by atoms with Gasteiger partial charge < -0.3 is 14.3 Å². The Hall–Kier alpha value is -2.90. The molecule has 1 N–H and O–H groups in total. The number of aromatic nitrogens is 3. The summed E-state index contributed by atoms with van der Waals surface area (Å²) in [4.78, 5) is 24.1. The molecule has 3 aromatic heterocycles. The van der Waals surface area contributed by atoms with Gasteiger partial charge in [-0.25, -0.2) is 4.68 Å². The zero-order chi connectivity index (χ0) is 16.4. The van der Waals surface area contributed by atoms with E-state index in [0.29, 0.717) is 29.1 Å². The first-order chi connectivity index (χ1) is 11.1. The Morgan fingerprint density at radius 3 is 2.96 bits per heavy atom. The van der Waals surface area contributed by atoms with Crippen molar-refractivity contribution < 1.29 is 13.7 Å². The molecule has 3 aromatic rings. The minimum atomic E-state index is -0.360. The molecule has 0 aliphatic carbocycles. The van der Waals surface area contributed by atoms with Crippen LogP contribution in [0.5, 0.6) is 0 Å². The van der Waals surface area contributed by atoms with Gasteiger partial charge in [0.05, 0.1) is 30.4 Å². The van der Waals surface area contributed by atoms with Gasteiger partial charge in [0.2, 0.25) is 5.91 Å². The molecule has 0 radical (unpaired) electrons. The number of rotatable bonds is 5. The first kappa shape index (κ1) is 15.0. The van der Waals surface area contributed by atoms with Crippen LogP contribution in [0.1, 0.15) is 23.6 Å². The Morgan fingerprint density at radius 2 is 2.22 bits per heavy atom. The van der Waals surface area contributed by atoms with Crippen molar-refractivity contribution in [2.75, 3.05) is 0 Å². The van der Waals surface area contributed by atoms with Gasteiger partial charge in [0, 0.05) is 6.42 Å². The number of furan rings is 1. The number of hydrogen-bond acceptors (Lipinski definition) is 6. The van der Waals surface area contributed by atoms with Crippen LogP contribution in [0.4, 0.5) is 0 Å². The molecule has 1 amide bonds. The van der Waals surface area contributed by atoms with Crippen LogP contribution in [-0.4, -0.2) is 20.8 Å². The molecule has 0 bridgehead atoms. The lowest BCUT2D eigenvalue weighted by Gasteiger charge is -2.06. The molecule has 3 rings (SSSR count). The summed E-state index contributed by atoms with van der Waals surface area (Å²) in [7, 11) is 0. The van der Waals surface area contributed by atoms with Gasteiger partial charge in [-0.2, -0.15) is 5.10 Å². The van der Waals surface area contributed by atoms with E-state index in [4.69, 9.17) is 8.94 Å². The molecule has 0 aromatic carbocycles. The van der Waals surface area contributed by atoms with E-state index in [1.54, 1.807) is 32.2 Å². The van der Waals surface area contributed by atoms with E-state index < -0.39 is 0 Å². The maximum atomic E-state index is 12.3. The molecule has 0 spiro atoms. The van der Waals surface area contributed by atoms with Crippen molar-refractivity contribution in [2.45, 2.75) is 33.4 Å². The lowest BCUT2D eigenvalue weighted by atomic mass is 10.2. The van der Waals surface area contributed by atoms with E-state index in [2.05, 4.69) is 15.6 Å². The third-order valence-electron chi connectivity index (χ3n) is 3.52. The van der Waals surface area contributed by atoms with Crippen molar-refractivity contribution in [3.63, 3.8) is 0 Å². The van der Waals surface area contributed by atoms with Gasteiger partial charge in [-0.3, -0.25) is 9.59 Å². The smallest absolute Gasteiger partial charge is 0.296 e. The number of carbonyl (C=O) groups excluding carboxylic acids is 1. The van der Waals surface area contributed by atoms with Crippen LogP contribution in [0.3, 0.4) is 0 Å². The molecular weight excluding hydrogens is 300 g/mol. The maximum absolute atomic E-state index is 12.3. The number of fused-ring (bicyclic) bond motifs is 1. The van der Waals surface area contributed by atoms with Crippen molar-refractivity contribution in [3.05, 3.63) is 46.0 Å². The number of aryl methyl sites for hydroxylation is 3. The van der Waals surface area contributed by atoms with Crippen LogP contribution >= 0.6 is 0 Å². The highest BCUT2D eigenvalue weighted by Gasteiger charge is 2.15. The van der Waals surface area contributed by atoms with Gasteiger partial charge >= 0.3 is 0 Å². The average Bonchev–Trinajstić information content (AvgIpc) is 3.17. The summed E-state index contributed by atoms with van der Waals surface area (Å²) in [5.74, 6) is 1.04. The standard InChI is InChI=1S/C15H16N4O4/c1-9-13-10(2)23-18-14(13)15(21)19(17-9)6-5-12(20)16-8-11-4-3-7-22-11/h3-4,7H,5-6,8H2,1-2H3,(H,16,20). The van der Waals surface area contributed by atoms with Gasteiger partial charge in [0.15, 0.2) is 5.52 Å². The minimum Gasteiger partial charge on any atom is -0.467 e. The zero-order valence-electron chi connectivity index (χ0n) is 12.8. The molecule has 23 heavy (non-hydrogen) atoms. The molecular formula is C15H16N4O4.